The van der Waals surface area contributed by atoms with Gasteiger partial charge in [-0.25, -0.2) is 0 Å². The number of aliphatic hydroxyl groups excluding tert-OH is 11. The maximum Gasteiger partial charge on any atom is 0.220 e. The molecule has 19 nitrogen and oxygen atoms in total. The van der Waals surface area contributed by atoms with Gasteiger partial charge in [-0.2, -0.15) is 0 Å². The lowest BCUT2D eigenvalue weighted by atomic mass is 9.96. The third kappa shape index (κ3) is 45.0. The molecule has 17 atom stereocenters. The van der Waals surface area contributed by atoms with E-state index in [0.29, 0.717) is 12.8 Å². The molecule has 3 aliphatic rings. The van der Waals surface area contributed by atoms with E-state index in [1.54, 1.807) is 0 Å². The summed E-state index contributed by atoms with van der Waals surface area (Å²) in [6.45, 7) is 1.88. The number of amides is 1. The van der Waals surface area contributed by atoms with Gasteiger partial charge in [0, 0.05) is 6.42 Å². The normalized spacial score (nSPS) is 25.9. The van der Waals surface area contributed by atoms with Crippen molar-refractivity contribution in [3.05, 3.63) is 0 Å². The molecular weight excluding hydrogens is 1310 g/mol. The molecule has 3 aliphatic heterocycles. The predicted octanol–water partition coefficient (Wildman–Crippen LogP) is 15.7. The van der Waals surface area contributed by atoms with Gasteiger partial charge in [0.1, 0.15) is 73.2 Å². The maximum absolute atomic E-state index is 13.5. The molecule has 3 fully saturated rings. The van der Waals surface area contributed by atoms with Gasteiger partial charge in [0.25, 0.3) is 0 Å². The first kappa shape index (κ1) is 96.0. The zero-order valence-corrected chi connectivity index (χ0v) is 65.8. The first-order valence-electron chi connectivity index (χ1n) is 43.8. The Bertz CT molecular complexity index is 1860. The first-order valence-corrected chi connectivity index (χ1v) is 43.8. The standard InChI is InChI=1S/C84H163NO18/c1-3-5-7-9-11-13-15-17-19-21-23-25-26-27-28-29-30-31-32-33-34-35-36-37-38-39-40-41-42-44-46-48-50-52-54-56-58-60-62-72(90)85-67(68(89)61-59-57-55-53-51-49-47-45-43-24-22-20-18-16-14-12-10-8-6-4-2)66-98-82-78(96)75(93)80(70(64-87)100-82)103-84-79(97)76(94)81(71(65-88)101-84)102-83-77(95)74(92)73(91)69(63-86)99-83/h67-71,73-84,86-89,91-97H,3-66H2,1-2H3,(H,85,90). The molecule has 0 bridgehead atoms. The molecule has 103 heavy (non-hydrogen) atoms. The van der Waals surface area contributed by atoms with Crippen molar-refractivity contribution in [3.63, 3.8) is 0 Å². The van der Waals surface area contributed by atoms with Gasteiger partial charge in [0.2, 0.25) is 5.91 Å². The molecule has 0 aromatic carbocycles. The van der Waals surface area contributed by atoms with Crippen LogP contribution in [0.1, 0.15) is 399 Å². The fourth-order valence-corrected chi connectivity index (χ4v) is 15.4. The Kier molecular flexibility index (Phi) is 61.0. The van der Waals surface area contributed by atoms with Crippen LogP contribution in [0.25, 0.3) is 0 Å². The van der Waals surface area contributed by atoms with Crippen molar-refractivity contribution in [3.8, 4) is 0 Å². The van der Waals surface area contributed by atoms with E-state index in [4.69, 9.17) is 28.4 Å². The smallest absolute Gasteiger partial charge is 0.220 e. The van der Waals surface area contributed by atoms with Crippen LogP contribution in [0.15, 0.2) is 0 Å². The topological polar surface area (TPSA) is 307 Å². The van der Waals surface area contributed by atoms with Crippen LogP contribution in [0.5, 0.6) is 0 Å². The Labute approximate surface area is 627 Å². The van der Waals surface area contributed by atoms with Crippen LogP contribution < -0.4 is 5.32 Å². The fraction of sp³-hybridized carbons (Fsp3) is 0.988. The minimum atomic E-state index is -1.97. The van der Waals surface area contributed by atoms with Gasteiger partial charge in [-0.05, 0) is 12.8 Å². The Morgan fingerprint density at radius 2 is 0.553 bits per heavy atom. The number of carbonyl (C=O) groups excluding carboxylic acids is 1. The molecule has 0 aliphatic carbocycles. The summed E-state index contributed by atoms with van der Waals surface area (Å²) in [4.78, 5) is 13.5. The second-order valence-electron chi connectivity index (χ2n) is 31.7. The molecule has 3 heterocycles. The van der Waals surface area contributed by atoms with Gasteiger partial charge in [-0.3, -0.25) is 4.79 Å². The summed E-state index contributed by atoms with van der Waals surface area (Å²) in [7, 11) is 0. The van der Waals surface area contributed by atoms with Gasteiger partial charge in [0.05, 0.1) is 38.6 Å². The van der Waals surface area contributed by atoms with Crippen LogP contribution in [0.4, 0.5) is 0 Å². The largest absolute Gasteiger partial charge is 0.394 e. The van der Waals surface area contributed by atoms with E-state index in [9.17, 15) is 61.0 Å². The third-order valence-corrected chi connectivity index (χ3v) is 22.4. The summed E-state index contributed by atoms with van der Waals surface area (Å²) in [5.41, 5.74) is 0. The summed E-state index contributed by atoms with van der Waals surface area (Å²) in [6.07, 6.45) is 50.8. The van der Waals surface area contributed by atoms with Crippen molar-refractivity contribution in [2.45, 2.75) is 503 Å². The highest BCUT2D eigenvalue weighted by molar-refractivity contribution is 5.76. The Morgan fingerprint density at radius 1 is 0.311 bits per heavy atom. The number of rotatable bonds is 72. The Morgan fingerprint density at radius 3 is 0.845 bits per heavy atom. The van der Waals surface area contributed by atoms with Gasteiger partial charge in [0.15, 0.2) is 18.9 Å². The van der Waals surface area contributed by atoms with Crippen molar-refractivity contribution in [2.24, 2.45) is 0 Å². The van der Waals surface area contributed by atoms with Crippen LogP contribution in [0, 0.1) is 0 Å². The van der Waals surface area contributed by atoms with E-state index < -0.39 is 124 Å². The van der Waals surface area contributed by atoms with E-state index in [0.717, 1.165) is 44.9 Å². The van der Waals surface area contributed by atoms with Crippen molar-refractivity contribution >= 4 is 5.91 Å². The molecule has 1 amide bonds. The second-order valence-corrected chi connectivity index (χ2v) is 31.7. The van der Waals surface area contributed by atoms with Crippen LogP contribution in [-0.4, -0.2) is 193 Å². The summed E-state index contributed by atoms with van der Waals surface area (Å²) < 4.78 is 34.6. The average molecular weight is 1480 g/mol. The molecular formula is C84H163NO18. The van der Waals surface area contributed by atoms with Gasteiger partial charge in [-0.15, -0.1) is 0 Å². The zero-order valence-electron chi connectivity index (χ0n) is 65.8. The van der Waals surface area contributed by atoms with Crippen molar-refractivity contribution in [1.82, 2.24) is 5.32 Å². The van der Waals surface area contributed by atoms with Crippen molar-refractivity contribution in [1.29, 1.82) is 0 Å². The summed E-state index contributed by atoms with van der Waals surface area (Å²) in [5, 5.41) is 121. The van der Waals surface area contributed by atoms with E-state index in [2.05, 4.69) is 19.2 Å². The van der Waals surface area contributed by atoms with Crippen LogP contribution in [0.2, 0.25) is 0 Å². The SMILES string of the molecule is CCCCCCCCCCCCCCCCCCCCCCCCCCCCCCCCCCCCCCCCC(=O)NC(COC1OC(CO)C(OC2OC(CO)C(OC3OC(CO)C(O)C(O)C3O)C(O)C2O)C(O)C1O)C(O)CCCCCCCCCCCCCCCCCCCCCC. The number of hydrogen-bond donors (Lipinski definition) is 12. The van der Waals surface area contributed by atoms with Crippen LogP contribution >= 0.6 is 0 Å². The summed E-state index contributed by atoms with van der Waals surface area (Å²) >= 11 is 0. The average Bonchev–Trinajstić information content (AvgIpc) is 0.781. The lowest BCUT2D eigenvalue weighted by Crippen LogP contribution is -2.66. The third-order valence-electron chi connectivity index (χ3n) is 22.4. The number of hydrogen-bond acceptors (Lipinski definition) is 18. The highest BCUT2D eigenvalue weighted by Crippen LogP contribution is 2.34. The molecule has 19 heteroatoms. The Balaban J connectivity index is 1.29. The number of ether oxygens (including phenoxy) is 6. The number of unbranched alkanes of at least 4 members (excludes halogenated alkanes) is 56. The molecule has 0 aromatic rings. The Hall–Kier alpha value is -1.21. The number of nitrogens with one attached hydrogen (secondary N) is 1. The van der Waals surface area contributed by atoms with E-state index in [1.165, 1.54) is 321 Å². The first-order chi connectivity index (χ1) is 50.3. The molecule has 0 radical (unpaired) electrons. The molecule has 17 unspecified atom stereocenters. The van der Waals surface area contributed by atoms with E-state index in [-0.39, 0.29) is 18.9 Å². The molecule has 12 N–H and O–H groups in total. The van der Waals surface area contributed by atoms with E-state index in [1.807, 2.05) is 0 Å². The molecule has 612 valence electrons. The highest BCUT2D eigenvalue weighted by atomic mass is 16.8. The zero-order chi connectivity index (χ0) is 74.6. The van der Waals surface area contributed by atoms with Gasteiger partial charge >= 0.3 is 0 Å². The molecule has 3 saturated heterocycles. The van der Waals surface area contributed by atoms with Crippen molar-refractivity contribution < 1.29 is 89.4 Å². The minimum absolute atomic E-state index is 0.232. The van der Waals surface area contributed by atoms with Crippen LogP contribution in [0.3, 0.4) is 0 Å². The lowest BCUT2D eigenvalue weighted by molar-refractivity contribution is -0.379. The fourth-order valence-electron chi connectivity index (χ4n) is 15.4. The van der Waals surface area contributed by atoms with Gasteiger partial charge < -0.3 is 89.9 Å². The van der Waals surface area contributed by atoms with Gasteiger partial charge in [-0.1, -0.05) is 380 Å². The van der Waals surface area contributed by atoms with Crippen molar-refractivity contribution in [2.75, 3.05) is 26.4 Å². The number of carbonyl (C=O) groups is 1. The molecule has 3 rings (SSSR count). The monoisotopic (exact) mass is 1470 g/mol. The predicted molar refractivity (Wildman–Crippen MR) is 411 cm³/mol. The molecule has 0 spiro atoms. The minimum Gasteiger partial charge on any atom is -0.394 e. The highest BCUT2D eigenvalue weighted by Gasteiger charge is 2.54. The van der Waals surface area contributed by atoms with Crippen LogP contribution in [-0.2, 0) is 33.2 Å². The summed E-state index contributed by atoms with van der Waals surface area (Å²) in [6, 6.07) is -0.883. The molecule has 0 aromatic heterocycles. The maximum atomic E-state index is 13.5. The van der Waals surface area contributed by atoms with E-state index >= 15 is 0 Å². The number of aliphatic hydroxyl groups is 11. The lowest BCUT2D eigenvalue weighted by Gasteiger charge is -2.48. The second kappa shape index (κ2) is 65.5. The quantitative estimate of drug-likeness (QED) is 0.0252. The summed E-state index contributed by atoms with van der Waals surface area (Å²) in [5.74, 6) is -0.232. The molecule has 0 saturated carbocycles.